The van der Waals surface area contributed by atoms with Crippen molar-refractivity contribution < 1.29 is 17.9 Å². The maximum absolute atomic E-state index is 13.4. The fourth-order valence-electron chi connectivity index (χ4n) is 7.62. The second kappa shape index (κ2) is 8.65. The number of aryl methyl sites for hydroxylation is 1. The van der Waals surface area contributed by atoms with Gasteiger partial charge in [0, 0.05) is 25.2 Å². The number of amides is 1. The van der Waals surface area contributed by atoms with E-state index in [1.165, 1.54) is 42.8 Å². The molecule has 1 aromatic rings. The lowest BCUT2D eigenvalue weighted by Gasteiger charge is -2.57. The molecule has 7 heteroatoms. The Labute approximate surface area is 198 Å². The predicted molar refractivity (Wildman–Crippen MR) is 128 cm³/mol. The molecule has 5 aliphatic rings. The monoisotopic (exact) mass is 474 g/mol. The zero-order valence-electron chi connectivity index (χ0n) is 20.2. The standard InChI is InChI=1S/C26H38N2O4S/c1-17-4-5-23(11-24(17)33(30,31)28-15-18(2)32-19(3)16-28)25(29)27-7-6-26-12-20-8-21(13-26)10-22(9-20)14-26/h4-5,11,18-22H,6-10,12-16H2,1-3H3,(H,27,29). The molecule has 4 saturated carbocycles. The topological polar surface area (TPSA) is 75.7 Å². The largest absolute Gasteiger partial charge is 0.373 e. The van der Waals surface area contributed by atoms with Crippen LogP contribution >= 0.6 is 0 Å². The van der Waals surface area contributed by atoms with E-state index < -0.39 is 10.0 Å². The molecular weight excluding hydrogens is 436 g/mol. The SMILES string of the molecule is Cc1ccc(C(=O)NCCC23CC4CC(CC(C4)C2)C3)cc1S(=O)(=O)N1CC(C)OC(C)C1. The molecule has 0 aromatic heterocycles. The molecule has 4 bridgehead atoms. The molecule has 1 heterocycles. The van der Waals surface area contributed by atoms with Crippen LogP contribution in [-0.2, 0) is 14.8 Å². The van der Waals surface area contributed by atoms with Gasteiger partial charge in [0.1, 0.15) is 0 Å². The van der Waals surface area contributed by atoms with Gasteiger partial charge in [-0.3, -0.25) is 4.79 Å². The molecule has 5 fully saturated rings. The quantitative estimate of drug-likeness (QED) is 0.673. The van der Waals surface area contributed by atoms with Crippen LogP contribution in [0.25, 0.3) is 0 Å². The Hall–Kier alpha value is -1.44. The molecule has 1 aromatic carbocycles. The van der Waals surface area contributed by atoms with Crippen LogP contribution < -0.4 is 5.32 Å². The summed E-state index contributed by atoms with van der Waals surface area (Å²) in [4.78, 5) is 13.2. The molecule has 4 aliphatic carbocycles. The lowest BCUT2D eigenvalue weighted by Crippen LogP contribution is -2.48. The summed E-state index contributed by atoms with van der Waals surface area (Å²) in [5, 5.41) is 3.10. The van der Waals surface area contributed by atoms with E-state index in [2.05, 4.69) is 5.32 Å². The zero-order chi connectivity index (χ0) is 23.4. The number of sulfonamides is 1. The van der Waals surface area contributed by atoms with E-state index in [4.69, 9.17) is 4.74 Å². The van der Waals surface area contributed by atoms with Gasteiger partial charge in [0.25, 0.3) is 5.91 Å². The van der Waals surface area contributed by atoms with Gasteiger partial charge in [0.15, 0.2) is 0 Å². The summed E-state index contributed by atoms with van der Waals surface area (Å²) in [6.07, 6.45) is 9.00. The second-order valence-corrected chi connectivity index (χ2v) is 13.4. The predicted octanol–water partition coefficient (Wildman–Crippen LogP) is 4.13. The number of rotatable bonds is 6. The van der Waals surface area contributed by atoms with Gasteiger partial charge < -0.3 is 10.1 Å². The number of nitrogens with zero attached hydrogens (tertiary/aromatic N) is 1. The Morgan fingerprint density at radius 2 is 1.64 bits per heavy atom. The molecular formula is C26H38N2O4S. The average molecular weight is 475 g/mol. The summed E-state index contributed by atoms with van der Waals surface area (Å²) in [6.45, 7) is 6.88. The molecule has 1 saturated heterocycles. The third-order valence-electron chi connectivity index (χ3n) is 8.56. The molecule has 1 amide bonds. The van der Waals surface area contributed by atoms with Crippen molar-refractivity contribution in [3.05, 3.63) is 29.3 Å². The normalized spacial score (nSPS) is 36.2. The van der Waals surface area contributed by atoms with Crippen LogP contribution in [0.3, 0.4) is 0 Å². The van der Waals surface area contributed by atoms with Crippen LogP contribution in [-0.4, -0.2) is 50.5 Å². The number of carbonyl (C=O) groups is 1. The molecule has 0 spiro atoms. The first-order valence-corrected chi connectivity index (χ1v) is 14.1. The van der Waals surface area contributed by atoms with E-state index >= 15 is 0 Å². The number of nitrogens with one attached hydrogen (secondary N) is 1. The first kappa shape index (κ1) is 23.3. The number of hydrogen-bond donors (Lipinski definition) is 1. The van der Waals surface area contributed by atoms with Crippen LogP contribution in [0.2, 0.25) is 0 Å². The molecule has 1 aliphatic heterocycles. The highest BCUT2D eigenvalue weighted by atomic mass is 32.2. The van der Waals surface area contributed by atoms with Gasteiger partial charge >= 0.3 is 0 Å². The van der Waals surface area contributed by atoms with Crippen molar-refractivity contribution in [1.29, 1.82) is 0 Å². The van der Waals surface area contributed by atoms with Crippen LogP contribution in [0, 0.1) is 30.1 Å². The molecule has 33 heavy (non-hydrogen) atoms. The maximum atomic E-state index is 13.4. The van der Waals surface area contributed by atoms with E-state index in [1.54, 1.807) is 25.1 Å². The number of benzene rings is 1. The molecule has 6 nitrogen and oxygen atoms in total. The molecule has 0 radical (unpaired) electrons. The number of carbonyl (C=O) groups excluding carboxylic acids is 1. The van der Waals surface area contributed by atoms with Crippen molar-refractivity contribution in [2.75, 3.05) is 19.6 Å². The smallest absolute Gasteiger partial charge is 0.251 e. The van der Waals surface area contributed by atoms with Gasteiger partial charge in [-0.1, -0.05) is 6.07 Å². The summed E-state index contributed by atoms with van der Waals surface area (Å²) in [5.41, 5.74) is 1.50. The van der Waals surface area contributed by atoms with E-state index in [-0.39, 0.29) is 23.0 Å². The van der Waals surface area contributed by atoms with Gasteiger partial charge in [-0.25, -0.2) is 8.42 Å². The van der Waals surface area contributed by atoms with Crippen LogP contribution in [0.1, 0.15) is 74.7 Å². The summed E-state index contributed by atoms with van der Waals surface area (Å²) in [7, 11) is -3.69. The van der Waals surface area contributed by atoms with Gasteiger partial charge in [-0.15, -0.1) is 0 Å². The first-order valence-electron chi connectivity index (χ1n) is 12.7. The third kappa shape index (κ3) is 4.61. The Bertz CT molecular complexity index is 976. The fourth-order valence-corrected chi connectivity index (χ4v) is 9.47. The Morgan fingerprint density at radius 3 is 2.21 bits per heavy atom. The lowest BCUT2D eigenvalue weighted by atomic mass is 9.49. The van der Waals surface area contributed by atoms with Crippen LogP contribution in [0.15, 0.2) is 23.1 Å². The highest BCUT2D eigenvalue weighted by Gasteiger charge is 2.50. The van der Waals surface area contributed by atoms with Gasteiger partial charge in [-0.05, 0) is 107 Å². The van der Waals surface area contributed by atoms with E-state index in [0.29, 0.717) is 36.2 Å². The van der Waals surface area contributed by atoms with Gasteiger partial charge in [-0.2, -0.15) is 4.31 Å². The molecule has 182 valence electrons. The Morgan fingerprint density at radius 1 is 1.06 bits per heavy atom. The van der Waals surface area contributed by atoms with E-state index in [1.807, 2.05) is 13.8 Å². The van der Waals surface area contributed by atoms with Crippen molar-refractivity contribution in [2.24, 2.45) is 23.2 Å². The zero-order valence-corrected chi connectivity index (χ0v) is 21.0. The summed E-state index contributed by atoms with van der Waals surface area (Å²) >= 11 is 0. The van der Waals surface area contributed by atoms with Crippen molar-refractivity contribution in [3.63, 3.8) is 0 Å². The number of ether oxygens (including phenoxy) is 1. The minimum absolute atomic E-state index is 0.153. The average Bonchev–Trinajstić information content (AvgIpc) is 2.72. The van der Waals surface area contributed by atoms with Crippen molar-refractivity contribution in [3.8, 4) is 0 Å². The molecule has 2 unspecified atom stereocenters. The van der Waals surface area contributed by atoms with Crippen molar-refractivity contribution in [2.45, 2.75) is 82.8 Å². The fraction of sp³-hybridized carbons (Fsp3) is 0.731. The molecule has 6 rings (SSSR count). The number of morpholine rings is 1. The lowest BCUT2D eigenvalue weighted by molar-refractivity contribution is -0.0564. The highest BCUT2D eigenvalue weighted by molar-refractivity contribution is 7.89. The Balaban J connectivity index is 1.25. The van der Waals surface area contributed by atoms with E-state index in [9.17, 15) is 13.2 Å². The second-order valence-electron chi connectivity index (χ2n) is 11.5. The first-order chi connectivity index (χ1) is 15.6. The summed E-state index contributed by atoms with van der Waals surface area (Å²) in [6, 6.07) is 5.03. The third-order valence-corrected chi connectivity index (χ3v) is 10.5. The van der Waals surface area contributed by atoms with Crippen molar-refractivity contribution in [1.82, 2.24) is 9.62 Å². The Kier molecular flexibility index (Phi) is 6.11. The molecule has 1 N–H and O–H groups in total. The molecule has 2 atom stereocenters. The van der Waals surface area contributed by atoms with Gasteiger partial charge in [0.05, 0.1) is 17.1 Å². The highest BCUT2D eigenvalue weighted by Crippen LogP contribution is 2.61. The number of hydrogen-bond acceptors (Lipinski definition) is 4. The maximum Gasteiger partial charge on any atom is 0.251 e. The van der Waals surface area contributed by atoms with E-state index in [0.717, 1.165) is 24.2 Å². The van der Waals surface area contributed by atoms with Crippen LogP contribution in [0.5, 0.6) is 0 Å². The van der Waals surface area contributed by atoms with Gasteiger partial charge in [0.2, 0.25) is 10.0 Å². The minimum atomic E-state index is -3.69. The minimum Gasteiger partial charge on any atom is -0.373 e. The summed E-state index contributed by atoms with van der Waals surface area (Å²) < 4.78 is 34.0. The summed E-state index contributed by atoms with van der Waals surface area (Å²) in [5.74, 6) is 2.53. The van der Waals surface area contributed by atoms with Crippen molar-refractivity contribution >= 4 is 15.9 Å². The van der Waals surface area contributed by atoms with Crippen LogP contribution in [0.4, 0.5) is 0 Å².